The summed E-state index contributed by atoms with van der Waals surface area (Å²) < 4.78 is 0. The number of aliphatic hydroxyl groups excluding tert-OH is 1. The Bertz CT molecular complexity index is 250. The molecule has 0 fully saturated rings. The number of ketones is 1. The Morgan fingerprint density at radius 1 is 0.696 bits per heavy atom. The van der Waals surface area contributed by atoms with Crippen molar-refractivity contribution in [1.29, 1.82) is 0 Å². The summed E-state index contributed by atoms with van der Waals surface area (Å²) in [7, 11) is 0. The molecule has 2 heteroatoms. The summed E-state index contributed by atoms with van der Waals surface area (Å²) in [4.78, 5) is 11.8. The molecule has 1 unspecified atom stereocenters. The molecule has 1 N–H and O–H groups in total. The average Bonchev–Trinajstić information content (AvgIpc) is 2.53. The summed E-state index contributed by atoms with van der Waals surface area (Å²) in [5.74, 6) is 0.258. The fraction of sp³-hybridized carbons (Fsp3) is 0.952. The van der Waals surface area contributed by atoms with Gasteiger partial charge in [-0.15, -0.1) is 0 Å². The Hall–Kier alpha value is -0.370. The monoisotopic (exact) mass is 326 g/mol. The second kappa shape index (κ2) is 18.0. The zero-order valence-corrected chi connectivity index (χ0v) is 16.0. The van der Waals surface area contributed by atoms with Crippen LogP contribution in [0.2, 0.25) is 0 Å². The van der Waals surface area contributed by atoms with Crippen LogP contribution in [-0.4, -0.2) is 17.0 Å². The van der Waals surface area contributed by atoms with Gasteiger partial charge in [0.05, 0.1) is 6.10 Å². The van der Waals surface area contributed by atoms with Crippen LogP contribution in [0.3, 0.4) is 0 Å². The number of carbonyl (C=O) groups is 1. The molecule has 0 aromatic heterocycles. The number of hydrogen-bond acceptors (Lipinski definition) is 2. The maximum absolute atomic E-state index is 11.8. The Morgan fingerprint density at radius 3 is 1.65 bits per heavy atom. The van der Waals surface area contributed by atoms with E-state index in [0.717, 1.165) is 19.3 Å². The minimum Gasteiger partial charge on any atom is -0.393 e. The average molecular weight is 327 g/mol. The minimum atomic E-state index is -0.400. The molecule has 1 atom stereocenters. The van der Waals surface area contributed by atoms with Gasteiger partial charge in [-0.25, -0.2) is 0 Å². The van der Waals surface area contributed by atoms with Gasteiger partial charge in [-0.1, -0.05) is 97.3 Å². The lowest BCUT2D eigenvalue weighted by Gasteiger charge is -2.09. The van der Waals surface area contributed by atoms with Crippen molar-refractivity contribution in [2.24, 2.45) is 0 Å². The summed E-state index contributed by atoms with van der Waals surface area (Å²) in [5, 5.41) is 9.94. The second-order valence-corrected chi connectivity index (χ2v) is 7.18. The molecule has 2 nitrogen and oxygen atoms in total. The molecule has 0 aromatic carbocycles. The third-order valence-corrected chi connectivity index (χ3v) is 4.66. The van der Waals surface area contributed by atoms with Crippen LogP contribution in [0.15, 0.2) is 0 Å². The largest absolute Gasteiger partial charge is 0.393 e. The van der Waals surface area contributed by atoms with E-state index in [-0.39, 0.29) is 5.78 Å². The van der Waals surface area contributed by atoms with E-state index in [1.165, 1.54) is 77.0 Å². The predicted octanol–water partition coefficient (Wildman–Crippen LogP) is 6.59. The minimum absolute atomic E-state index is 0.258. The first-order valence-electron chi connectivity index (χ1n) is 10.4. The van der Waals surface area contributed by atoms with Crippen LogP contribution in [0.25, 0.3) is 0 Å². The fourth-order valence-electron chi connectivity index (χ4n) is 3.08. The molecule has 0 radical (unpaired) electrons. The van der Waals surface area contributed by atoms with Crippen molar-refractivity contribution in [2.45, 2.75) is 129 Å². The van der Waals surface area contributed by atoms with E-state index in [2.05, 4.69) is 13.8 Å². The maximum Gasteiger partial charge on any atom is 0.135 e. The molecule has 138 valence electrons. The summed E-state index contributed by atoms with van der Waals surface area (Å²) in [6.45, 7) is 4.47. The lowest BCUT2D eigenvalue weighted by atomic mass is 10.0. The van der Waals surface area contributed by atoms with Gasteiger partial charge < -0.3 is 5.11 Å². The van der Waals surface area contributed by atoms with Gasteiger partial charge in [0.25, 0.3) is 0 Å². The first-order valence-corrected chi connectivity index (χ1v) is 10.4. The molecule has 0 aliphatic heterocycles. The Morgan fingerprint density at radius 2 is 1.13 bits per heavy atom. The van der Waals surface area contributed by atoms with E-state index in [9.17, 15) is 9.90 Å². The van der Waals surface area contributed by atoms with Crippen LogP contribution in [0.1, 0.15) is 123 Å². The normalized spacial score (nSPS) is 12.5. The maximum atomic E-state index is 11.8. The van der Waals surface area contributed by atoms with E-state index >= 15 is 0 Å². The summed E-state index contributed by atoms with van der Waals surface area (Å²) >= 11 is 0. The van der Waals surface area contributed by atoms with Crippen LogP contribution < -0.4 is 0 Å². The zero-order chi connectivity index (χ0) is 17.2. The van der Waals surface area contributed by atoms with Gasteiger partial charge in [0.15, 0.2) is 0 Å². The highest BCUT2D eigenvalue weighted by molar-refractivity contribution is 5.78. The van der Waals surface area contributed by atoms with E-state index < -0.39 is 6.10 Å². The SMILES string of the molecule is CCCCCCCCCC(=O)CC(O)CCCCCCCCC. The van der Waals surface area contributed by atoms with Gasteiger partial charge in [0.2, 0.25) is 0 Å². The highest BCUT2D eigenvalue weighted by Gasteiger charge is 2.10. The van der Waals surface area contributed by atoms with Gasteiger partial charge in [-0.05, 0) is 12.8 Å². The molecular formula is C21H42O2. The second-order valence-electron chi connectivity index (χ2n) is 7.18. The van der Waals surface area contributed by atoms with Gasteiger partial charge in [-0.2, -0.15) is 0 Å². The van der Waals surface area contributed by atoms with Crippen LogP contribution in [0, 0.1) is 0 Å². The zero-order valence-electron chi connectivity index (χ0n) is 16.0. The number of aliphatic hydroxyl groups is 1. The highest BCUT2D eigenvalue weighted by Crippen LogP contribution is 2.13. The van der Waals surface area contributed by atoms with Crippen molar-refractivity contribution in [1.82, 2.24) is 0 Å². The smallest absolute Gasteiger partial charge is 0.135 e. The van der Waals surface area contributed by atoms with Crippen molar-refractivity contribution in [3.63, 3.8) is 0 Å². The van der Waals surface area contributed by atoms with Gasteiger partial charge >= 0.3 is 0 Å². The summed E-state index contributed by atoms with van der Waals surface area (Å²) in [6, 6.07) is 0. The summed E-state index contributed by atoms with van der Waals surface area (Å²) in [6.07, 6.45) is 19.0. The number of carbonyl (C=O) groups excluding carboxylic acids is 1. The standard InChI is InChI=1S/C21H42O2/c1-3-5-7-9-11-13-15-17-20(22)19-21(23)18-16-14-12-10-8-6-4-2/h20,22H,3-19H2,1-2H3. The molecule has 0 saturated heterocycles. The third kappa shape index (κ3) is 17.8. The highest BCUT2D eigenvalue weighted by atomic mass is 16.3. The molecule has 0 rings (SSSR count). The van der Waals surface area contributed by atoms with Gasteiger partial charge in [0, 0.05) is 12.8 Å². The predicted molar refractivity (Wildman–Crippen MR) is 101 cm³/mol. The van der Waals surface area contributed by atoms with Crippen molar-refractivity contribution >= 4 is 5.78 Å². The van der Waals surface area contributed by atoms with E-state index in [1.54, 1.807) is 0 Å². The molecule has 0 spiro atoms. The third-order valence-electron chi connectivity index (χ3n) is 4.66. The Kier molecular flexibility index (Phi) is 17.7. The summed E-state index contributed by atoms with van der Waals surface area (Å²) in [5.41, 5.74) is 0. The van der Waals surface area contributed by atoms with Crippen molar-refractivity contribution in [3.05, 3.63) is 0 Å². The van der Waals surface area contributed by atoms with Crippen molar-refractivity contribution < 1.29 is 9.90 Å². The number of Topliss-reactive ketones (excluding diaryl/α,β-unsaturated/α-hetero) is 1. The Balaban J connectivity index is 3.34. The molecule has 23 heavy (non-hydrogen) atoms. The Labute approximate surface area is 145 Å². The van der Waals surface area contributed by atoms with Crippen LogP contribution in [0.4, 0.5) is 0 Å². The molecule has 0 saturated carbocycles. The fourth-order valence-corrected chi connectivity index (χ4v) is 3.08. The number of hydrogen-bond donors (Lipinski definition) is 1. The molecule has 0 heterocycles. The first-order chi connectivity index (χ1) is 11.2. The van der Waals surface area contributed by atoms with Crippen molar-refractivity contribution in [3.8, 4) is 0 Å². The van der Waals surface area contributed by atoms with Crippen LogP contribution in [-0.2, 0) is 4.79 Å². The van der Waals surface area contributed by atoms with E-state index in [1.807, 2.05) is 0 Å². The molecule has 0 bridgehead atoms. The molecule has 0 aliphatic rings. The molecule has 0 aliphatic carbocycles. The molecular weight excluding hydrogens is 284 g/mol. The topological polar surface area (TPSA) is 37.3 Å². The number of unbranched alkanes of at least 4 members (excludes halogenated alkanes) is 12. The molecule has 0 amide bonds. The quantitative estimate of drug-likeness (QED) is 0.288. The van der Waals surface area contributed by atoms with Crippen molar-refractivity contribution in [2.75, 3.05) is 0 Å². The van der Waals surface area contributed by atoms with E-state index in [0.29, 0.717) is 12.8 Å². The lowest BCUT2D eigenvalue weighted by molar-refractivity contribution is -0.121. The molecule has 0 aromatic rings. The number of rotatable bonds is 18. The van der Waals surface area contributed by atoms with Gasteiger partial charge in [-0.3, -0.25) is 4.79 Å². The first kappa shape index (κ1) is 22.6. The van der Waals surface area contributed by atoms with Gasteiger partial charge in [0.1, 0.15) is 5.78 Å². The lowest BCUT2D eigenvalue weighted by Crippen LogP contribution is -2.13. The van der Waals surface area contributed by atoms with Crippen LogP contribution in [0.5, 0.6) is 0 Å². The van der Waals surface area contributed by atoms with Crippen LogP contribution >= 0.6 is 0 Å². The van der Waals surface area contributed by atoms with E-state index in [4.69, 9.17) is 0 Å².